The molecule has 0 radical (unpaired) electrons. The average Bonchev–Trinajstić information content (AvgIpc) is 3.14. The van der Waals surface area contributed by atoms with Crippen molar-refractivity contribution in [2.24, 2.45) is 0 Å². The Kier molecular flexibility index (Phi) is 6.46. The van der Waals surface area contributed by atoms with E-state index in [0.717, 1.165) is 23.4 Å². The van der Waals surface area contributed by atoms with Gasteiger partial charge in [0.15, 0.2) is 12.8 Å². The Bertz CT molecular complexity index is 815. The lowest BCUT2D eigenvalue weighted by Crippen LogP contribution is -2.33. The van der Waals surface area contributed by atoms with Gasteiger partial charge in [0.25, 0.3) is 10.9 Å². The number of H-pyrrole nitrogens is 1. The number of nitrogens with one attached hydrogen (secondary N) is 1. The molecular weight excluding hydrogens is 393 g/mol. The van der Waals surface area contributed by atoms with Crippen LogP contribution in [0.2, 0.25) is 0 Å². The molecule has 0 bridgehead atoms. The number of aliphatic hydroxyl groups excluding tert-OH is 1. The molecule has 1 unspecified atom stereocenters. The van der Waals surface area contributed by atoms with Crippen molar-refractivity contribution in [1.29, 1.82) is 0 Å². The minimum atomic E-state index is -4.42. The van der Waals surface area contributed by atoms with Crippen LogP contribution in [0.15, 0.2) is 47.6 Å². The van der Waals surface area contributed by atoms with E-state index in [1.54, 1.807) is 29.2 Å². The van der Waals surface area contributed by atoms with Crippen LogP contribution in [0.5, 0.6) is 5.75 Å². The summed E-state index contributed by atoms with van der Waals surface area (Å²) in [7, 11) is 0. The topological polar surface area (TPSA) is 63.9 Å². The van der Waals surface area contributed by atoms with E-state index in [1.165, 1.54) is 12.3 Å². The Hall–Kier alpha value is -2.26. The number of benzene rings is 1. The predicted octanol–water partition coefficient (Wildman–Crippen LogP) is 2.78. The van der Waals surface area contributed by atoms with Crippen LogP contribution in [0.25, 0.3) is 0 Å². The Morgan fingerprint density at radius 3 is 2.71 bits per heavy atom. The molecule has 3 rings (SSSR count). The fourth-order valence-corrected chi connectivity index (χ4v) is 4.15. The number of aliphatic hydroxyl groups is 1. The van der Waals surface area contributed by atoms with E-state index in [9.17, 15) is 18.0 Å². The average molecular weight is 413 g/mol. The van der Waals surface area contributed by atoms with Gasteiger partial charge in [0.1, 0.15) is 11.3 Å². The summed E-state index contributed by atoms with van der Waals surface area (Å²) in [5.41, 5.74) is 0.0495. The number of thioether (sulfide) groups is 1. The lowest BCUT2D eigenvalue weighted by Gasteiger charge is -2.16. The van der Waals surface area contributed by atoms with Gasteiger partial charge < -0.3 is 14.7 Å². The highest BCUT2D eigenvalue weighted by atomic mass is 32.2. The number of likely N-dealkylation sites (tertiary alicyclic amines) is 1. The summed E-state index contributed by atoms with van der Waals surface area (Å²) in [5, 5.41) is 8.96. The van der Waals surface area contributed by atoms with E-state index in [0.29, 0.717) is 25.3 Å². The summed E-state index contributed by atoms with van der Waals surface area (Å²) >= 11 is 1.11. The zero-order valence-electron chi connectivity index (χ0n) is 14.9. The number of hydrogen-bond acceptors (Lipinski definition) is 4. The van der Waals surface area contributed by atoms with Gasteiger partial charge >= 0.3 is 6.18 Å². The van der Waals surface area contributed by atoms with Gasteiger partial charge in [0, 0.05) is 24.4 Å². The number of rotatable bonds is 6. The summed E-state index contributed by atoms with van der Waals surface area (Å²) in [6.45, 7) is 0.649. The van der Waals surface area contributed by atoms with Gasteiger partial charge in [-0.2, -0.15) is 13.2 Å². The summed E-state index contributed by atoms with van der Waals surface area (Å²) in [4.78, 5) is 16.6. The molecule has 1 fully saturated rings. The van der Waals surface area contributed by atoms with E-state index in [4.69, 9.17) is 9.84 Å². The Morgan fingerprint density at radius 1 is 1.29 bits per heavy atom. The number of amides is 1. The van der Waals surface area contributed by atoms with Crippen molar-refractivity contribution < 1.29 is 32.8 Å². The van der Waals surface area contributed by atoms with Gasteiger partial charge in [-0.1, -0.05) is 23.9 Å². The molecule has 2 N–H and O–H groups in total. The summed E-state index contributed by atoms with van der Waals surface area (Å²) in [5.74, 6) is 0.312. The number of aromatic nitrogens is 1. The summed E-state index contributed by atoms with van der Waals surface area (Å²) in [6, 6.07) is 9.12. The van der Waals surface area contributed by atoms with Crippen molar-refractivity contribution in [3.8, 4) is 5.75 Å². The number of halogens is 3. The van der Waals surface area contributed by atoms with Gasteiger partial charge in [-0.15, -0.1) is 0 Å². The van der Waals surface area contributed by atoms with E-state index in [2.05, 4.69) is 4.98 Å². The molecule has 5 nitrogen and oxygen atoms in total. The monoisotopic (exact) mass is 413 g/mol. The maximum Gasteiger partial charge on any atom is 0.423 e. The highest BCUT2D eigenvalue weighted by Crippen LogP contribution is 2.37. The van der Waals surface area contributed by atoms with Crippen LogP contribution < -0.4 is 9.72 Å². The van der Waals surface area contributed by atoms with Crippen LogP contribution in [0.4, 0.5) is 13.2 Å². The highest BCUT2D eigenvalue weighted by Gasteiger charge is 2.38. The second-order valence-electron chi connectivity index (χ2n) is 6.37. The quantitative estimate of drug-likeness (QED) is 0.791. The molecule has 1 saturated heterocycles. The van der Waals surface area contributed by atoms with Crippen LogP contribution in [0.3, 0.4) is 0 Å². The molecule has 1 aliphatic rings. The van der Waals surface area contributed by atoms with Crippen LogP contribution in [0, 0.1) is 0 Å². The summed E-state index contributed by atoms with van der Waals surface area (Å²) < 4.78 is 44.8. The van der Waals surface area contributed by atoms with Crippen LogP contribution in [-0.2, 0) is 17.6 Å². The number of pyridine rings is 1. The molecule has 1 atom stereocenters. The largest absolute Gasteiger partial charge is 0.484 e. The minimum Gasteiger partial charge on any atom is -0.484 e. The number of aromatic amines is 1. The first kappa shape index (κ1) is 20.5. The van der Waals surface area contributed by atoms with Gasteiger partial charge in [0.05, 0.1) is 6.61 Å². The smallest absolute Gasteiger partial charge is 0.423 e. The molecule has 0 spiro atoms. The van der Waals surface area contributed by atoms with Crippen molar-refractivity contribution in [3.63, 3.8) is 0 Å². The molecule has 0 saturated carbocycles. The van der Waals surface area contributed by atoms with E-state index in [-0.39, 0.29) is 29.4 Å². The molecule has 1 amide bonds. The first-order valence-corrected chi connectivity index (χ1v) is 9.59. The van der Waals surface area contributed by atoms with Gasteiger partial charge in [-0.25, -0.2) is 4.98 Å². The van der Waals surface area contributed by atoms with E-state index in [1.807, 2.05) is 0 Å². The molecule has 2 heterocycles. The maximum atomic E-state index is 13.1. The van der Waals surface area contributed by atoms with Crippen molar-refractivity contribution in [2.45, 2.75) is 29.5 Å². The first-order valence-electron chi connectivity index (χ1n) is 8.71. The number of alkyl halides is 3. The molecule has 1 aromatic heterocycles. The molecule has 150 valence electrons. The SMILES string of the molecule is O=C(COc1ccc(CO)cc1)N1CCC(Sc2[nH+]cccc2C(F)(F)F)C1. The lowest BCUT2D eigenvalue weighted by molar-refractivity contribution is -0.430. The van der Waals surface area contributed by atoms with Gasteiger partial charge in [-0.05, 0) is 30.2 Å². The predicted molar refractivity (Wildman–Crippen MR) is 96.7 cm³/mol. The van der Waals surface area contributed by atoms with Gasteiger partial charge in [-0.3, -0.25) is 4.79 Å². The fraction of sp³-hybridized carbons (Fsp3) is 0.368. The van der Waals surface area contributed by atoms with Crippen molar-refractivity contribution in [1.82, 2.24) is 4.90 Å². The zero-order valence-corrected chi connectivity index (χ0v) is 15.7. The minimum absolute atomic E-state index is 0.0644. The van der Waals surface area contributed by atoms with Crippen molar-refractivity contribution in [2.75, 3.05) is 19.7 Å². The highest BCUT2D eigenvalue weighted by molar-refractivity contribution is 7.99. The molecule has 2 aromatic rings. The summed E-state index contributed by atoms with van der Waals surface area (Å²) in [6.07, 6.45) is -2.35. The Morgan fingerprint density at radius 2 is 2.04 bits per heavy atom. The van der Waals surface area contributed by atoms with Crippen LogP contribution in [0.1, 0.15) is 17.5 Å². The standard InChI is InChI=1S/C19H19F3N2O3S/c20-19(21,22)16-2-1-8-23-18(16)28-15-7-9-24(10-15)17(26)12-27-14-5-3-13(11-25)4-6-14/h1-6,8,15,25H,7,9-12H2/p+1. The second kappa shape index (κ2) is 8.83. The molecule has 1 aromatic carbocycles. The molecule has 0 aliphatic carbocycles. The Balaban J connectivity index is 1.53. The molecule has 9 heteroatoms. The van der Waals surface area contributed by atoms with Gasteiger partial charge in [0.2, 0.25) is 0 Å². The molecule has 28 heavy (non-hydrogen) atoms. The van der Waals surface area contributed by atoms with Crippen molar-refractivity contribution in [3.05, 3.63) is 53.7 Å². The number of hydrogen-bond donors (Lipinski definition) is 1. The fourth-order valence-electron chi connectivity index (χ4n) is 2.89. The number of carbonyl (C=O) groups is 1. The lowest BCUT2D eigenvalue weighted by atomic mass is 10.2. The third kappa shape index (κ3) is 5.17. The van der Waals surface area contributed by atoms with E-state index >= 15 is 0 Å². The Labute approximate surface area is 164 Å². The van der Waals surface area contributed by atoms with Crippen LogP contribution in [-0.4, -0.2) is 40.9 Å². The number of carbonyl (C=O) groups excluding carboxylic acids is 1. The maximum absolute atomic E-state index is 13.1. The number of nitrogens with zero attached hydrogens (tertiary/aromatic N) is 1. The normalized spacial score (nSPS) is 17.0. The molecular formula is C19H20F3N2O3S+. The van der Waals surface area contributed by atoms with Crippen molar-refractivity contribution >= 4 is 17.7 Å². The molecule has 1 aliphatic heterocycles. The number of ether oxygens (including phenoxy) is 1. The zero-order chi connectivity index (χ0) is 20.1. The third-order valence-corrected chi connectivity index (χ3v) is 5.67. The first-order chi connectivity index (χ1) is 13.4. The van der Waals surface area contributed by atoms with E-state index < -0.39 is 11.7 Å². The van der Waals surface area contributed by atoms with Crippen LogP contribution >= 0.6 is 11.8 Å². The second-order valence-corrected chi connectivity index (χ2v) is 7.68. The third-order valence-electron chi connectivity index (χ3n) is 4.37.